The highest BCUT2D eigenvalue weighted by Gasteiger charge is 2.46. The van der Waals surface area contributed by atoms with Crippen LogP contribution in [0.5, 0.6) is 0 Å². The van der Waals surface area contributed by atoms with Crippen LogP contribution in [0.25, 0.3) is 0 Å². The molecule has 0 aromatic carbocycles. The van der Waals surface area contributed by atoms with Crippen LogP contribution in [0.4, 0.5) is 0 Å². The van der Waals surface area contributed by atoms with Crippen LogP contribution in [0.2, 0.25) is 0 Å². The highest BCUT2D eigenvalue weighted by molar-refractivity contribution is 5.09. The lowest BCUT2D eigenvalue weighted by atomic mass is 10.1. The number of rotatable bonds is 1. The molecule has 1 fully saturated rings. The van der Waals surface area contributed by atoms with E-state index in [9.17, 15) is 0 Å². The summed E-state index contributed by atoms with van der Waals surface area (Å²) in [6.07, 6.45) is 1.85. The molecular weight excluding hydrogens is 164 g/mol. The molecule has 2 atom stereocenters. The molecule has 3 nitrogen and oxygen atoms in total. The molecule has 0 amide bonds. The van der Waals surface area contributed by atoms with Crippen LogP contribution in [0.1, 0.15) is 32.7 Å². The van der Waals surface area contributed by atoms with Gasteiger partial charge in [-0.25, -0.2) is 0 Å². The fourth-order valence-corrected chi connectivity index (χ4v) is 1.29. The van der Waals surface area contributed by atoms with Gasteiger partial charge in [0.2, 0.25) is 0 Å². The van der Waals surface area contributed by atoms with E-state index in [2.05, 4.69) is 25.8 Å². The van der Waals surface area contributed by atoms with Crippen LogP contribution in [0, 0.1) is 0 Å². The van der Waals surface area contributed by atoms with Crippen molar-refractivity contribution in [3.63, 3.8) is 0 Å². The van der Waals surface area contributed by atoms with Crippen molar-refractivity contribution in [3.8, 4) is 0 Å². The molecular formula is C10H14N2O. The van der Waals surface area contributed by atoms with Gasteiger partial charge in [0.05, 0.1) is 5.69 Å². The number of nitrogens with zero attached hydrogens (tertiary/aromatic N) is 2. The lowest BCUT2D eigenvalue weighted by molar-refractivity contribution is 0.101. The normalized spacial score (nSPS) is 27.3. The Labute approximate surface area is 78.3 Å². The molecule has 2 unspecified atom stereocenters. The lowest BCUT2D eigenvalue weighted by Crippen LogP contribution is -2.25. The predicted molar refractivity (Wildman–Crippen MR) is 49.7 cm³/mol. The summed E-state index contributed by atoms with van der Waals surface area (Å²) in [5.74, 6) is 0. The average molecular weight is 178 g/mol. The van der Waals surface area contributed by atoms with Gasteiger partial charge in [0.15, 0.2) is 6.23 Å². The first-order valence-corrected chi connectivity index (χ1v) is 4.46. The Kier molecular flexibility index (Phi) is 1.86. The molecule has 0 spiro atoms. The minimum atomic E-state index is 0.0567. The smallest absolute Gasteiger partial charge is 0.197 e. The largest absolute Gasteiger partial charge is 0.268 e. The summed E-state index contributed by atoms with van der Waals surface area (Å²) in [6, 6.07) is 5.87. The van der Waals surface area contributed by atoms with Crippen LogP contribution < -0.4 is 0 Å². The quantitative estimate of drug-likeness (QED) is 0.617. The summed E-state index contributed by atoms with van der Waals surface area (Å²) < 4.78 is 0. The molecule has 1 aliphatic heterocycles. The Balaban J connectivity index is 2.09. The molecule has 0 bridgehead atoms. The van der Waals surface area contributed by atoms with Gasteiger partial charge in [-0.05, 0) is 32.9 Å². The third kappa shape index (κ3) is 1.71. The molecule has 1 aromatic rings. The van der Waals surface area contributed by atoms with Gasteiger partial charge in [0.25, 0.3) is 0 Å². The molecule has 0 aliphatic carbocycles. The summed E-state index contributed by atoms with van der Waals surface area (Å²) in [4.78, 5) is 9.68. The maximum Gasteiger partial charge on any atom is 0.197 e. The van der Waals surface area contributed by atoms with E-state index in [1.54, 1.807) is 6.20 Å². The second kappa shape index (κ2) is 2.79. The molecule has 0 radical (unpaired) electrons. The molecule has 13 heavy (non-hydrogen) atoms. The Morgan fingerprint density at radius 1 is 1.38 bits per heavy atom. The molecule has 2 heterocycles. The Bertz CT molecular complexity index is 292. The van der Waals surface area contributed by atoms with Crippen molar-refractivity contribution < 1.29 is 4.84 Å². The zero-order chi connectivity index (χ0) is 9.47. The van der Waals surface area contributed by atoms with E-state index < -0.39 is 0 Å². The minimum absolute atomic E-state index is 0.0567. The first-order valence-electron chi connectivity index (χ1n) is 4.46. The lowest BCUT2D eigenvalue weighted by Gasteiger charge is -2.16. The summed E-state index contributed by atoms with van der Waals surface area (Å²) in [6.45, 7) is 6.36. The molecule has 0 N–H and O–H groups in total. The van der Waals surface area contributed by atoms with Crippen molar-refractivity contribution in [3.05, 3.63) is 30.1 Å². The second-order valence-corrected chi connectivity index (χ2v) is 4.21. The van der Waals surface area contributed by atoms with Gasteiger partial charge in [-0.3, -0.25) is 9.82 Å². The third-order valence-corrected chi connectivity index (χ3v) is 1.98. The van der Waals surface area contributed by atoms with E-state index in [4.69, 9.17) is 4.84 Å². The summed E-state index contributed by atoms with van der Waals surface area (Å²) in [7, 11) is 0. The number of hydrogen-bond acceptors (Lipinski definition) is 3. The van der Waals surface area contributed by atoms with Crippen LogP contribution in [-0.2, 0) is 4.84 Å². The van der Waals surface area contributed by atoms with Crippen molar-refractivity contribution in [1.82, 2.24) is 10.0 Å². The van der Waals surface area contributed by atoms with E-state index >= 15 is 0 Å². The van der Waals surface area contributed by atoms with E-state index in [1.807, 2.05) is 23.3 Å². The molecule has 1 saturated heterocycles. The highest BCUT2D eigenvalue weighted by atomic mass is 16.8. The zero-order valence-corrected chi connectivity index (χ0v) is 8.19. The van der Waals surface area contributed by atoms with Crippen molar-refractivity contribution in [2.75, 3.05) is 0 Å². The Hall–Kier alpha value is -0.930. The first kappa shape index (κ1) is 8.66. The fourth-order valence-electron chi connectivity index (χ4n) is 1.29. The van der Waals surface area contributed by atoms with Gasteiger partial charge < -0.3 is 0 Å². The maximum atomic E-state index is 5.44. The first-order chi connectivity index (χ1) is 6.09. The zero-order valence-electron chi connectivity index (χ0n) is 8.19. The molecule has 1 aliphatic rings. The van der Waals surface area contributed by atoms with Crippen molar-refractivity contribution >= 4 is 0 Å². The van der Waals surface area contributed by atoms with Crippen molar-refractivity contribution in [1.29, 1.82) is 0 Å². The summed E-state index contributed by atoms with van der Waals surface area (Å²) in [5.41, 5.74) is 1.04. The third-order valence-electron chi connectivity index (χ3n) is 1.98. The van der Waals surface area contributed by atoms with Crippen molar-refractivity contribution in [2.45, 2.75) is 32.5 Å². The number of aromatic nitrogens is 1. The Morgan fingerprint density at radius 3 is 2.62 bits per heavy atom. The fraction of sp³-hybridized carbons (Fsp3) is 0.500. The van der Waals surface area contributed by atoms with Gasteiger partial charge in [-0.1, -0.05) is 6.07 Å². The Morgan fingerprint density at radius 2 is 2.15 bits per heavy atom. The molecule has 1 aromatic heterocycles. The minimum Gasteiger partial charge on any atom is -0.268 e. The molecule has 70 valence electrons. The topological polar surface area (TPSA) is 28.4 Å². The average Bonchev–Trinajstić information content (AvgIpc) is 2.83. The SMILES string of the molecule is CC(C)(C)N1OC1c1ccccn1. The van der Waals surface area contributed by atoms with Crippen LogP contribution >= 0.6 is 0 Å². The standard InChI is InChI=1S/C10H14N2O/c1-10(2,3)12-9(13-12)8-6-4-5-7-11-8/h4-7,9H,1-3H3. The number of hydrogen-bond donors (Lipinski definition) is 0. The van der Waals surface area contributed by atoms with Crippen LogP contribution in [-0.4, -0.2) is 15.6 Å². The van der Waals surface area contributed by atoms with E-state index in [-0.39, 0.29) is 11.8 Å². The van der Waals surface area contributed by atoms with Gasteiger partial charge in [-0.2, -0.15) is 0 Å². The number of hydroxylamine groups is 2. The highest BCUT2D eigenvalue weighted by Crippen LogP contribution is 2.41. The predicted octanol–water partition coefficient (Wildman–Crippen LogP) is 2.13. The van der Waals surface area contributed by atoms with Gasteiger partial charge in [0, 0.05) is 11.7 Å². The number of pyridine rings is 1. The van der Waals surface area contributed by atoms with Gasteiger partial charge in [0.1, 0.15) is 0 Å². The van der Waals surface area contributed by atoms with E-state index in [0.29, 0.717) is 0 Å². The maximum absolute atomic E-state index is 5.44. The summed E-state index contributed by atoms with van der Waals surface area (Å²) >= 11 is 0. The monoisotopic (exact) mass is 178 g/mol. The second-order valence-electron chi connectivity index (χ2n) is 4.21. The molecule has 0 saturated carbocycles. The van der Waals surface area contributed by atoms with Crippen molar-refractivity contribution in [2.24, 2.45) is 0 Å². The van der Waals surface area contributed by atoms with Crippen LogP contribution in [0.15, 0.2) is 24.4 Å². The van der Waals surface area contributed by atoms with Gasteiger partial charge >= 0.3 is 0 Å². The summed E-state index contributed by atoms with van der Waals surface area (Å²) in [5, 5.41) is 1.95. The molecule has 3 heteroatoms. The van der Waals surface area contributed by atoms with Gasteiger partial charge in [-0.15, -0.1) is 5.06 Å². The van der Waals surface area contributed by atoms with Crippen LogP contribution in [0.3, 0.4) is 0 Å². The van der Waals surface area contributed by atoms with E-state index in [1.165, 1.54) is 0 Å². The van der Waals surface area contributed by atoms with E-state index in [0.717, 1.165) is 5.69 Å². The molecule has 2 rings (SSSR count).